The Morgan fingerprint density at radius 3 is 2.57 bits per heavy atom. The van der Waals surface area contributed by atoms with Crippen molar-refractivity contribution in [3.63, 3.8) is 0 Å². The molecule has 0 saturated carbocycles. The minimum Gasteiger partial charge on any atom is -0.488 e. The fraction of sp³-hybridized carbons (Fsp3) is 0.292. The molecule has 0 aliphatic rings. The molecule has 11 heteroatoms. The number of nitrogens with one attached hydrogen (secondary N) is 1. The van der Waals surface area contributed by atoms with Gasteiger partial charge in [0, 0.05) is 16.0 Å². The monoisotopic (exact) mass is 521 g/mol. The highest BCUT2D eigenvalue weighted by Gasteiger charge is 2.30. The minimum atomic E-state index is -4.37. The molecule has 35 heavy (non-hydrogen) atoms. The van der Waals surface area contributed by atoms with Crippen molar-refractivity contribution in [2.45, 2.75) is 43.9 Å². The highest BCUT2D eigenvalue weighted by molar-refractivity contribution is 7.98. The number of aromatic nitrogens is 3. The lowest BCUT2D eigenvalue weighted by Gasteiger charge is -2.10. The van der Waals surface area contributed by atoms with Crippen molar-refractivity contribution in [1.82, 2.24) is 15.1 Å². The Hall–Kier alpha value is -3.05. The molecule has 0 fully saturated rings. The predicted octanol–water partition coefficient (Wildman–Crippen LogP) is 6.82. The van der Waals surface area contributed by atoms with E-state index in [1.807, 2.05) is 12.3 Å². The second-order valence-corrected chi connectivity index (χ2v) is 9.59. The van der Waals surface area contributed by atoms with Gasteiger partial charge in [-0.05, 0) is 49.4 Å². The molecule has 0 saturated heterocycles. The number of aromatic amines is 1. The molecule has 4 rings (SSSR count). The van der Waals surface area contributed by atoms with Crippen LogP contribution in [0.15, 0.2) is 56.7 Å². The van der Waals surface area contributed by atoms with Gasteiger partial charge in [0.25, 0.3) is 0 Å². The fourth-order valence-electron chi connectivity index (χ4n) is 3.41. The van der Waals surface area contributed by atoms with Gasteiger partial charge in [-0.2, -0.15) is 13.2 Å². The summed E-state index contributed by atoms with van der Waals surface area (Å²) >= 11 is 2.90. The zero-order valence-corrected chi connectivity index (χ0v) is 20.6. The topological polar surface area (TPSA) is 81.0 Å². The van der Waals surface area contributed by atoms with Gasteiger partial charge in [-0.1, -0.05) is 30.6 Å². The van der Waals surface area contributed by atoms with E-state index in [9.17, 15) is 18.0 Å². The van der Waals surface area contributed by atoms with E-state index in [0.29, 0.717) is 22.1 Å². The molecule has 2 heterocycles. The van der Waals surface area contributed by atoms with Gasteiger partial charge in [-0.15, -0.1) is 23.1 Å². The lowest BCUT2D eigenvalue weighted by Crippen LogP contribution is -2.03. The van der Waals surface area contributed by atoms with Crippen LogP contribution in [0.25, 0.3) is 22.0 Å². The number of H-pyrrole nitrogens is 1. The third-order valence-corrected chi connectivity index (χ3v) is 7.14. The number of halogens is 3. The van der Waals surface area contributed by atoms with E-state index < -0.39 is 17.5 Å². The molecule has 0 aliphatic heterocycles. The Kier molecular flexibility index (Phi) is 7.66. The average molecular weight is 522 g/mol. The standard InChI is InChI=1S/C24H22F3N3O3S2/c1-3-4-5-18-20(35-22(28-18)14-6-8-15(9-7-14)24(25,26)27)13-32-16-10-11-17(19(12-16)34-2)21-29-23(31)33-30-21/h6-12H,3-5,13H2,1-2H3,(H,29,30,31). The quantitative estimate of drug-likeness (QED) is 0.244. The Balaban J connectivity index is 1.55. The molecular formula is C24H22F3N3O3S2. The Labute approximate surface area is 207 Å². The van der Waals surface area contributed by atoms with Gasteiger partial charge in [0.15, 0.2) is 5.82 Å². The van der Waals surface area contributed by atoms with Crippen LogP contribution in [0.1, 0.15) is 35.9 Å². The van der Waals surface area contributed by atoms with Crippen LogP contribution in [-0.2, 0) is 19.2 Å². The van der Waals surface area contributed by atoms with Crippen LogP contribution in [0.4, 0.5) is 13.2 Å². The molecule has 0 bridgehead atoms. The van der Waals surface area contributed by atoms with Crippen LogP contribution < -0.4 is 10.5 Å². The number of benzene rings is 2. The van der Waals surface area contributed by atoms with Crippen LogP contribution in [0.3, 0.4) is 0 Å². The maximum absolute atomic E-state index is 12.9. The van der Waals surface area contributed by atoms with E-state index in [0.717, 1.165) is 52.4 Å². The summed E-state index contributed by atoms with van der Waals surface area (Å²) in [6.07, 6.45) is 0.241. The summed E-state index contributed by atoms with van der Waals surface area (Å²) in [6.45, 7) is 2.37. The van der Waals surface area contributed by atoms with E-state index in [-0.39, 0.29) is 6.61 Å². The number of ether oxygens (including phenoxy) is 1. The number of thioether (sulfide) groups is 1. The van der Waals surface area contributed by atoms with Gasteiger partial charge in [0.05, 0.1) is 16.1 Å². The molecule has 0 amide bonds. The number of rotatable bonds is 9. The summed E-state index contributed by atoms with van der Waals surface area (Å²) in [5.74, 6) is 0.354. The molecule has 184 valence electrons. The second kappa shape index (κ2) is 10.7. The summed E-state index contributed by atoms with van der Waals surface area (Å²) in [6, 6.07) is 10.5. The molecule has 2 aromatic heterocycles. The Morgan fingerprint density at radius 1 is 1.17 bits per heavy atom. The average Bonchev–Trinajstić information content (AvgIpc) is 3.46. The molecule has 0 atom stereocenters. The summed E-state index contributed by atoms with van der Waals surface area (Å²) in [5, 5.41) is 4.41. The zero-order chi connectivity index (χ0) is 25.0. The lowest BCUT2D eigenvalue weighted by atomic mass is 10.1. The Morgan fingerprint density at radius 2 is 1.94 bits per heavy atom. The number of aryl methyl sites for hydroxylation is 1. The van der Waals surface area contributed by atoms with Gasteiger partial charge in [-0.3, -0.25) is 9.51 Å². The van der Waals surface area contributed by atoms with Crippen LogP contribution in [-0.4, -0.2) is 21.4 Å². The van der Waals surface area contributed by atoms with Gasteiger partial charge in [-0.25, -0.2) is 9.78 Å². The molecule has 0 unspecified atom stereocenters. The Bertz CT molecular complexity index is 1340. The van der Waals surface area contributed by atoms with Crippen molar-refractivity contribution in [1.29, 1.82) is 0 Å². The van der Waals surface area contributed by atoms with Gasteiger partial charge in [0.2, 0.25) is 0 Å². The molecule has 6 nitrogen and oxygen atoms in total. The van der Waals surface area contributed by atoms with Gasteiger partial charge < -0.3 is 4.74 Å². The van der Waals surface area contributed by atoms with Crippen LogP contribution in [0.5, 0.6) is 5.75 Å². The van der Waals surface area contributed by atoms with Crippen LogP contribution in [0, 0.1) is 0 Å². The molecular weight excluding hydrogens is 499 g/mol. The van der Waals surface area contributed by atoms with Crippen molar-refractivity contribution < 1.29 is 22.4 Å². The normalized spacial score (nSPS) is 11.7. The number of hydrogen-bond donors (Lipinski definition) is 1. The number of alkyl halides is 3. The maximum atomic E-state index is 12.9. The largest absolute Gasteiger partial charge is 0.488 e. The fourth-order valence-corrected chi connectivity index (χ4v) is 5.06. The molecule has 1 N–H and O–H groups in total. The number of thiazole rings is 1. The van der Waals surface area contributed by atoms with Crippen molar-refractivity contribution in [3.05, 3.63) is 69.1 Å². The third kappa shape index (κ3) is 5.96. The molecule has 0 aliphatic carbocycles. The van der Waals surface area contributed by atoms with Crippen molar-refractivity contribution in [2.75, 3.05) is 6.26 Å². The first-order valence-corrected chi connectivity index (χ1v) is 12.9. The van der Waals surface area contributed by atoms with E-state index >= 15 is 0 Å². The summed E-state index contributed by atoms with van der Waals surface area (Å²) in [7, 11) is 0. The molecule has 0 radical (unpaired) electrons. The summed E-state index contributed by atoms with van der Waals surface area (Å²) in [4.78, 5) is 20.3. The lowest BCUT2D eigenvalue weighted by molar-refractivity contribution is -0.137. The first kappa shape index (κ1) is 25.1. The summed E-state index contributed by atoms with van der Waals surface area (Å²) in [5.41, 5.74) is 1.58. The van der Waals surface area contributed by atoms with E-state index in [4.69, 9.17) is 9.72 Å². The second-order valence-electron chi connectivity index (χ2n) is 7.66. The summed E-state index contributed by atoms with van der Waals surface area (Å²) < 4.78 is 49.4. The highest BCUT2D eigenvalue weighted by atomic mass is 32.2. The van der Waals surface area contributed by atoms with Crippen LogP contribution in [0.2, 0.25) is 0 Å². The van der Waals surface area contributed by atoms with E-state index in [1.54, 1.807) is 12.1 Å². The molecule has 2 aromatic carbocycles. The number of hydrogen-bond acceptors (Lipinski definition) is 7. The SMILES string of the molecule is CCCCc1nc(-c2ccc(C(F)(F)F)cc2)sc1COc1ccc(-c2noc(=O)[nH]2)c(SC)c1. The number of nitrogens with zero attached hydrogens (tertiary/aromatic N) is 2. The first-order valence-electron chi connectivity index (χ1n) is 10.8. The van der Waals surface area contributed by atoms with Gasteiger partial charge in [0.1, 0.15) is 17.4 Å². The van der Waals surface area contributed by atoms with E-state index in [2.05, 4.69) is 21.6 Å². The molecule has 4 aromatic rings. The maximum Gasteiger partial charge on any atom is 0.439 e. The predicted molar refractivity (Wildman–Crippen MR) is 130 cm³/mol. The van der Waals surface area contributed by atoms with Crippen molar-refractivity contribution in [3.8, 4) is 27.7 Å². The zero-order valence-electron chi connectivity index (χ0n) is 18.9. The van der Waals surface area contributed by atoms with Crippen molar-refractivity contribution in [2.24, 2.45) is 0 Å². The third-order valence-electron chi connectivity index (χ3n) is 5.24. The van der Waals surface area contributed by atoms with E-state index in [1.165, 1.54) is 35.2 Å². The number of unbranched alkanes of at least 4 members (excludes halogenated alkanes) is 1. The highest BCUT2D eigenvalue weighted by Crippen LogP contribution is 2.35. The smallest absolute Gasteiger partial charge is 0.439 e. The minimum absolute atomic E-state index is 0.283. The first-order chi connectivity index (χ1) is 16.8. The molecule has 0 spiro atoms. The van der Waals surface area contributed by atoms with Gasteiger partial charge >= 0.3 is 11.9 Å². The van der Waals surface area contributed by atoms with Crippen LogP contribution >= 0.6 is 23.1 Å². The van der Waals surface area contributed by atoms with Crippen molar-refractivity contribution >= 4 is 23.1 Å².